The minimum Gasteiger partial charge on any atom is -0.456 e. The highest BCUT2D eigenvalue weighted by Crippen LogP contribution is 2.51. The topological polar surface area (TPSA) is 51.8 Å². The number of furan rings is 1. The van der Waals surface area contributed by atoms with Crippen molar-refractivity contribution in [2.45, 2.75) is 19.3 Å². The van der Waals surface area contributed by atoms with Crippen LogP contribution >= 0.6 is 0 Å². The summed E-state index contributed by atoms with van der Waals surface area (Å²) < 4.78 is 6.37. The molecule has 0 aliphatic heterocycles. The Labute approximate surface area is 289 Å². The smallest absolute Gasteiger partial charge is 0.164 e. The van der Waals surface area contributed by atoms with E-state index < -0.39 is 0 Å². The molecule has 2 aromatic heterocycles. The maximum atomic E-state index is 6.37. The van der Waals surface area contributed by atoms with Gasteiger partial charge in [-0.05, 0) is 56.3 Å². The molecule has 0 fully saturated rings. The molecule has 0 atom stereocenters. The van der Waals surface area contributed by atoms with Gasteiger partial charge in [-0.15, -0.1) is 0 Å². The lowest BCUT2D eigenvalue weighted by Crippen LogP contribution is -2.14. The van der Waals surface area contributed by atoms with E-state index in [2.05, 4.69) is 147 Å². The Kier molecular flexibility index (Phi) is 6.19. The van der Waals surface area contributed by atoms with Crippen LogP contribution < -0.4 is 0 Å². The first-order valence-corrected chi connectivity index (χ1v) is 17.0. The van der Waals surface area contributed by atoms with Crippen LogP contribution in [-0.2, 0) is 5.41 Å². The molecule has 4 heteroatoms. The predicted molar refractivity (Wildman–Crippen MR) is 204 cm³/mol. The Morgan fingerprint density at radius 1 is 0.420 bits per heavy atom. The van der Waals surface area contributed by atoms with Crippen molar-refractivity contribution in [2.24, 2.45) is 0 Å². The molecule has 0 bridgehead atoms. The number of rotatable bonds is 4. The van der Waals surface area contributed by atoms with Crippen LogP contribution in [0.5, 0.6) is 0 Å². The SMILES string of the molecule is CC1(C)c2ccccc2-c2c(-c3nc(-c4ccccc4)nc(-c4ccc(-c5cccc6oc7ccc8ccccc8c7c56)cc4)n3)cccc21. The Balaban J connectivity index is 1.14. The summed E-state index contributed by atoms with van der Waals surface area (Å²) in [5.74, 6) is 1.96. The Morgan fingerprint density at radius 2 is 1.02 bits per heavy atom. The molecule has 0 radical (unpaired) electrons. The molecule has 4 nitrogen and oxygen atoms in total. The van der Waals surface area contributed by atoms with Gasteiger partial charge in [0.1, 0.15) is 11.2 Å². The number of hydrogen-bond donors (Lipinski definition) is 0. The number of hydrogen-bond acceptors (Lipinski definition) is 4. The van der Waals surface area contributed by atoms with Gasteiger partial charge in [0, 0.05) is 32.9 Å². The van der Waals surface area contributed by atoms with Crippen LogP contribution in [-0.4, -0.2) is 15.0 Å². The second kappa shape index (κ2) is 10.8. The molecule has 0 spiro atoms. The summed E-state index contributed by atoms with van der Waals surface area (Å²) in [5.41, 5.74) is 11.8. The van der Waals surface area contributed by atoms with Crippen molar-refractivity contribution in [1.82, 2.24) is 15.0 Å². The lowest BCUT2D eigenvalue weighted by Gasteiger charge is -2.21. The summed E-state index contributed by atoms with van der Waals surface area (Å²) in [4.78, 5) is 15.3. The maximum Gasteiger partial charge on any atom is 0.164 e. The summed E-state index contributed by atoms with van der Waals surface area (Å²) in [5, 5.41) is 4.66. The molecule has 1 aliphatic carbocycles. The summed E-state index contributed by atoms with van der Waals surface area (Å²) in [6.45, 7) is 4.60. The molecule has 2 heterocycles. The van der Waals surface area contributed by atoms with E-state index in [0.29, 0.717) is 17.5 Å². The zero-order valence-electron chi connectivity index (χ0n) is 27.7. The van der Waals surface area contributed by atoms with Gasteiger partial charge in [-0.2, -0.15) is 0 Å². The number of aromatic nitrogens is 3. The van der Waals surface area contributed by atoms with Crippen LogP contribution in [0.3, 0.4) is 0 Å². The molecular weight excluding hydrogens is 611 g/mol. The van der Waals surface area contributed by atoms with Crippen LogP contribution in [0.2, 0.25) is 0 Å². The van der Waals surface area contributed by atoms with Gasteiger partial charge in [-0.1, -0.05) is 153 Å². The molecule has 7 aromatic carbocycles. The van der Waals surface area contributed by atoms with E-state index in [-0.39, 0.29) is 5.41 Å². The largest absolute Gasteiger partial charge is 0.456 e. The molecule has 10 rings (SSSR count). The van der Waals surface area contributed by atoms with Gasteiger partial charge in [0.25, 0.3) is 0 Å². The fourth-order valence-electron chi connectivity index (χ4n) is 7.91. The molecule has 0 saturated carbocycles. The van der Waals surface area contributed by atoms with Crippen LogP contribution in [0, 0.1) is 0 Å². The van der Waals surface area contributed by atoms with Crippen LogP contribution in [0.25, 0.3) is 89.1 Å². The van der Waals surface area contributed by atoms with E-state index in [1.165, 1.54) is 33.0 Å². The standard InChI is InChI=1S/C46H31N3O/c1-46(2)36-19-9-8-16-34(36)40-35(18-10-20-37(40)46)45-48-43(30-13-4-3-5-14-30)47-44(49-45)31-24-22-29(23-25-31)33-17-11-21-38-41(33)42-32-15-7-6-12-28(32)26-27-39(42)50-38/h3-27H,1-2H3. The second-order valence-corrected chi connectivity index (χ2v) is 13.6. The van der Waals surface area contributed by atoms with Crippen molar-refractivity contribution in [2.75, 3.05) is 0 Å². The number of fused-ring (bicyclic) bond motifs is 8. The van der Waals surface area contributed by atoms with Gasteiger partial charge in [0.15, 0.2) is 17.5 Å². The highest BCUT2D eigenvalue weighted by molar-refractivity contribution is 6.22. The van der Waals surface area contributed by atoms with Gasteiger partial charge >= 0.3 is 0 Å². The van der Waals surface area contributed by atoms with E-state index in [0.717, 1.165) is 49.8 Å². The number of nitrogens with zero attached hydrogens (tertiary/aromatic N) is 3. The fourth-order valence-corrected chi connectivity index (χ4v) is 7.91. The van der Waals surface area contributed by atoms with Gasteiger partial charge < -0.3 is 4.42 Å². The summed E-state index contributed by atoms with van der Waals surface area (Å²) >= 11 is 0. The summed E-state index contributed by atoms with van der Waals surface area (Å²) in [6, 6.07) is 53.0. The molecule has 0 N–H and O–H groups in total. The van der Waals surface area contributed by atoms with Gasteiger partial charge in [0.2, 0.25) is 0 Å². The molecule has 0 saturated heterocycles. The summed E-state index contributed by atoms with van der Waals surface area (Å²) in [7, 11) is 0. The fraction of sp³-hybridized carbons (Fsp3) is 0.0652. The Bertz CT molecular complexity index is 2780. The van der Waals surface area contributed by atoms with E-state index in [1.54, 1.807) is 0 Å². The third kappa shape index (κ3) is 4.28. The van der Waals surface area contributed by atoms with Crippen molar-refractivity contribution in [3.05, 3.63) is 163 Å². The third-order valence-electron chi connectivity index (χ3n) is 10.4. The van der Waals surface area contributed by atoms with Gasteiger partial charge in [0.05, 0.1) is 0 Å². The average molecular weight is 642 g/mol. The first kappa shape index (κ1) is 28.6. The molecule has 1 aliphatic rings. The Morgan fingerprint density at radius 3 is 1.86 bits per heavy atom. The average Bonchev–Trinajstić information content (AvgIpc) is 3.68. The van der Waals surface area contributed by atoms with Crippen LogP contribution in [0.1, 0.15) is 25.0 Å². The van der Waals surface area contributed by atoms with Crippen molar-refractivity contribution < 1.29 is 4.42 Å². The first-order chi connectivity index (χ1) is 24.5. The van der Waals surface area contributed by atoms with Crippen molar-refractivity contribution in [3.8, 4) is 56.4 Å². The van der Waals surface area contributed by atoms with Crippen LogP contribution in [0.15, 0.2) is 156 Å². The Hall–Kier alpha value is -6.39. The molecule has 9 aromatic rings. The van der Waals surface area contributed by atoms with E-state index in [4.69, 9.17) is 19.4 Å². The van der Waals surface area contributed by atoms with Gasteiger partial charge in [-0.3, -0.25) is 0 Å². The quantitative estimate of drug-likeness (QED) is 0.192. The van der Waals surface area contributed by atoms with Gasteiger partial charge in [-0.25, -0.2) is 15.0 Å². The highest BCUT2D eigenvalue weighted by atomic mass is 16.3. The minimum atomic E-state index is -0.120. The predicted octanol–water partition coefficient (Wildman–Crippen LogP) is 11.9. The van der Waals surface area contributed by atoms with Crippen molar-refractivity contribution in [1.29, 1.82) is 0 Å². The number of benzene rings is 7. The first-order valence-electron chi connectivity index (χ1n) is 17.0. The van der Waals surface area contributed by atoms with Crippen molar-refractivity contribution >= 4 is 32.7 Å². The molecule has 0 amide bonds. The zero-order chi connectivity index (χ0) is 33.4. The minimum absolute atomic E-state index is 0.120. The monoisotopic (exact) mass is 641 g/mol. The third-order valence-corrected chi connectivity index (χ3v) is 10.4. The van der Waals surface area contributed by atoms with E-state index in [1.807, 2.05) is 18.2 Å². The molecule has 50 heavy (non-hydrogen) atoms. The zero-order valence-corrected chi connectivity index (χ0v) is 27.7. The molecular formula is C46H31N3O. The van der Waals surface area contributed by atoms with Crippen LogP contribution in [0.4, 0.5) is 0 Å². The lowest BCUT2D eigenvalue weighted by atomic mass is 9.82. The molecule has 236 valence electrons. The molecule has 0 unspecified atom stereocenters. The lowest BCUT2D eigenvalue weighted by molar-refractivity contribution is 0.660. The van der Waals surface area contributed by atoms with E-state index in [9.17, 15) is 0 Å². The van der Waals surface area contributed by atoms with E-state index >= 15 is 0 Å². The normalized spacial score (nSPS) is 13.2. The maximum absolute atomic E-state index is 6.37. The highest BCUT2D eigenvalue weighted by Gasteiger charge is 2.37. The second-order valence-electron chi connectivity index (χ2n) is 13.6. The van der Waals surface area contributed by atoms with Crippen molar-refractivity contribution in [3.63, 3.8) is 0 Å². The summed E-state index contributed by atoms with van der Waals surface area (Å²) in [6.07, 6.45) is 0.